The maximum atomic E-state index is 12.3. The second-order valence-electron chi connectivity index (χ2n) is 5.90. The van der Waals surface area contributed by atoms with Crippen LogP contribution in [0.2, 0.25) is 0 Å². The second kappa shape index (κ2) is 7.13. The summed E-state index contributed by atoms with van der Waals surface area (Å²) in [6, 6.07) is 5.62. The van der Waals surface area contributed by atoms with Crippen LogP contribution in [0.5, 0.6) is 0 Å². The standard InChI is InChI=1S/C17H20N6O/c1-21-13-15(12-20-21)2-3-17(24)23-8-6-22(7-9-23)16-10-14(11-18)4-5-19-16/h4-5,10,12-13H,2-3,6-9H2,1H3. The molecule has 0 aliphatic carbocycles. The zero-order valence-electron chi connectivity index (χ0n) is 13.7. The van der Waals surface area contributed by atoms with Crippen LogP contribution >= 0.6 is 0 Å². The Hall–Kier alpha value is -2.88. The fourth-order valence-electron chi connectivity index (χ4n) is 2.86. The molecule has 2 aromatic heterocycles. The van der Waals surface area contributed by atoms with Gasteiger partial charge in [0.25, 0.3) is 0 Å². The summed E-state index contributed by atoms with van der Waals surface area (Å²) < 4.78 is 1.75. The van der Waals surface area contributed by atoms with E-state index in [0.717, 1.165) is 30.9 Å². The molecular weight excluding hydrogens is 304 g/mol. The summed E-state index contributed by atoms with van der Waals surface area (Å²) in [5.74, 6) is 0.980. The molecule has 2 aromatic rings. The fourth-order valence-corrected chi connectivity index (χ4v) is 2.86. The Morgan fingerprint density at radius 1 is 1.33 bits per heavy atom. The maximum Gasteiger partial charge on any atom is 0.223 e. The van der Waals surface area contributed by atoms with Crippen molar-refractivity contribution in [2.24, 2.45) is 7.05 Å². The summed E-state index contributed by atoms with van der Waals surface area (Å²) >= 11 is 0. The Labute approximate surface area is 141 Å². The molecule has 24 heavy (non-hydrogen) atoms. The molecule has 0 N–H and O–H groups in total. The molecule has 0 bridgehead atoms. The van der Waals surface area contributed by atoms with E-state index in [0.29, 0.717) is 25.1 Å². The topological polar surface area (TPSA) is 78.0 Å². The summed E-state index contributed by atoms with van der Waals surface area (Å²) in [7, 11) is 1.87. The third-order valence-electron chi connectivity index (χ3n) is 4.22. The highest BCUT2D eigenvalue weighted by Gasteiger charge is 2.21. The lowest BCUT2D eigenvalue weighted by atomic mass is 10.1. The number of rotatable bonds is 4. The first kappa shape index (κ1) is 16.0. The third kappa shape index (κ3) is 3.71. The molecule has 7 heteroatoms. The van der Waals surface area contributed by atoms with Gasteiger partial charge in [-0.3, -0.25) is 9.48 Å². The average molecular weight is 324 g/mol. The molecular formula is C17H20N6O. The number of anilines is 1. The highest BCUT2D eigenvalue weighted by Crippen LogP contribution is 2.15. The Bertz CT molecular complexity index is 754. The van der Waals surface area contributed by atoms with Gasteiger partial charge >= 0.3 is 0 Å². The van der Waals surface area contributed by atoms with Gasteiger partial charge in [0.2, 0.25) is 5.91 Å². The smallest absolute Gasteiger partial charge is 0.223 e. The monoisotopic (exact) mass is 324 g/mol. The lowest BCUT2D eigenvalue weighted by Crippen LogP contribution is -2.49. The largest absolute Gasteiger partial charge is 0.353 e. The number of carbonyl (C=O) groups excluding carboxylic acids is 1. The molecule has 3 heterocycles. The first-order chi connectivity index (χ1) is 11.7. The van der Waals surface area contributed by atoms with Gasteiger partial charge in [-0.2, -0.15) is 10.4 Å². The van der Waals surface area contributed by atoms with Gasteiger partial charge in [0, 0.05) is 52.0 Å². The van der Waals surface area contributed by atoms with E-state index in [-0.39, 0.29) is 5.91 Å². The third-order valence-corrected chi connectivity index (χ3v) is 4.22. The van der Waals surface area contributed by atoms with E-state index in [1.54, 1.807) is 29.2 Å². The quantitative estimate of drug-likeness (QED) is 0.837. The Morgan fingerprint density at radius 2 is 2.12 bits per heavy atom. The van der Waals surface area contributed by atoms with Gasteiger partial charge in [-0.05, 0) is 24.1 Å². The molecule has 0 radical (unpaired) electrons. The van der Waals surface area contributed by atoms with Crippen molar-refractivity contribution in [3.05, 3.63) is 41.9 Å². The number of hydrogen-bond donors (Lipinski definition) is 0. The molecule has 0 spiro atoms. The predicted octanol–water partition coefficient (Wildman–Crippen LogP) is 0.968. The maximum absolute atomic E-state index is 12.3. The van der Waals surface area contributed by atoms with Crippen LogP contribution in [0.4, 0.5) is 5.82 Å². The summed E-state index contributed by atoms with van der Waals surface area (Å²) in [4.78, 5) is 20.7. The van der Waals surface area contributed by atoms with E-state index >= 15 is 0 Å². The van der Waals surface area contributed by atoms with Gasteiger partial charge in [0.1, 0.15) is 5.82 Å². The minimum Gasteiger partial charge on any atom is -0.353 e. The zero-order valence-corrected chi connectivity index (χ0v) is 13.7. The van der Waals surface area contributed by atoms with E-state index in [1.165, 1.54) is 0 Å². The van der Waals surface area contributed by atoms with Crippen LogP contribution in [0.3, 0.4) is 0 Å². The molecule has 1 aliphatic heterocycles. The van der Waals surface area contributed by atoms with E-state index in [9.17, 15) is 4.79 Å². The summed E-state index contributed by atoms with van der Waals surface area (Å²) in [5, 5.41) is 13.1. The fraction of sp³-hybridized carbons (Fsp3) is 0.412. The van der Waals surface area contributed by atoms with Gasteiger partial charge in [-0.25, -0.2) is 4.98 Å². The van der Waals surface area contributed by atoms with Crippen molar-refractivity contribution < 1.29 is 4.79 Å². The normalized spacial score (nSPS) is 14.5. The summed E-state index contributed by atoms with van der Waals surface area (Å²) in [5.41, 5.74) is 1.69. The molecule has 0 unspecified atom stereocenters. The van der Waals surface area contributed by atoms with Crippen LogP contribution in [-0.2, 0) is 18.3 Å². The molecule has 1 saturated heterocycles. The molecule has 1 amide bonds. The van der Waals surface area contributed by atoms with Crippen LogP contribution in [0.15, 0.2) is 30.7 Å². The number of amides is 1. The van der Waals surface area contributed by atoms with E-state index in [1.807, 2.05) is 18.1 Å². The lowest BCUT2D eigenvalue weighted by Gasteiger charge is -2.35. The van der Waals surface area contributed by atoms with E-state index in [4.69, 9.17) is 5.26 Å². The van der Waals surface area contributed by atoms with Crippen molar-refractivity contribution in [1.82, 2.24) is 19.7 Å². The van der Waals surface area contributed by atoms with Crippen LogP contribution in [0, 0.1) is 11.3 Å². The molecule has 3 rings (SSSR count). The minimum absolute atomic E-state index is 0.178. The summed E-state index contributed by atoms with van der Waals surface area (Å²) in [6.45, 7) is 2.84. The predicted molar refractivity (Wildman–Crippen MR) is 89.3 cm³/mol. The van der Waals surface area contributed by atoms with Crippen molar-refractivity contribution in [2.75, 3.05) is 31.1 Å². The molecule has 7 nitrogen and oxygen atoms in total. The molecule has 0 atom stereocenters. The Balaban J connectivity index is 1.51. The molecule has 0 saturated carbocycles. The van der Waals surface area contributed by atoms with Crippen LogP contribution < -0.4 is 4.90 Å². The zero-order chi connectivity index (χ0) is 16.9. The van der Waals surface area contributed by atoms with Crippen LogP contribution in [0.25, 0.3) is 0 Å². The van der Waals surface area contributed by atoms with Crippen LogP contribution in [0.1, 0.15) is 17.5 Å². The van der Waals surface area contributed by atoms with E-state index < -0.39 is 0 Å². The number of aromatic nitrogens is 3. The van der Waals surface area contributed by atoms with Crippen molar-refractivity contribution in [1.29, 1.82) is 5.26 Å². The number of pyridine rings is 1. The molecule has 124 valence electrons. The number of hydrogen-bond acceptors (Lipinski definition) is 5. The number of aryl methyl sites for hydroxylation is 2. The van der Waals surface area contributed by atoms with Crippen molar-refractivity contribution in [2.45, 2.75) is 12.8 Å². The van der Waals surface area contributed by atoms with Crippen molar-refractivity contribution >= 4 is 11.7 Å². The molecule has 1 aliphatic rings. The van der Waals surface area contributed by atoms with Gasteiger partial charge in [-0.1, -0.05) is 0 Å². The van der Waals surface area contributed by atoms with Gasteiger partial charge in [0.05, 0.1) is 17.8 Å². The van der Waals surface area contributed by atoms with E-state index in [2.05, 4.69) is 21.1 Å². The number of piperazine rings is 1. The van der Waals surface area contributed by atoms with Gasteiger partial charge in [0.15, 0.2) is 0 Å². The minimum atomic E-state index is 0.178. The lowest BCUT2D eigenvalue weighted by molar-refractivity contribution is -0.131. The Kier molecular flexibility index (Phi) is 4.75. The van der Waals surface area contributed by atoms with Gasteiger partial charge in [-0.15, -0.1) is 0 Å². The SMILES string of the molecule is Cn1cc(CCC(=O)N2CCN(c3cc(C#N)ccn3)CC2)cn1. The first-order valence-electron chi connectivity index (χ1n) is 8.02. The van der Waals surface area contributed by atoms with Crippen molar-refractivity contribution in [3.63, 3.8) is 0 Å². The first-order valence-corrected chi connectivity index (χ1v) is 8.02. The summed E-state index contributed by atoms with van der Waals surface area (Å²) in [6.07, 6.45) is 6.63. The number of carbonyl (C=O) groups is 1. The highest BCUT2D eigenvalue weighted by atomic mass is 16.2. The Morgan fingerprint density at radius 3 is 2.79 bits per heavy atom. The molecule has 0 aromatic carbocycles. The highest BCUT2D eigenvalue weighted by molar-refractivity contribution is 5.76. The second-order valence-corrected chi connectivity index (χ2v) is 5.90. The van der Waals surface area contributed by atoms with Crippen LogP contribution in [-0.4, -0.2) is 51.8 Å². The number of nitriles is 1. The number of nitrogens with zero attached hydrogens (tertiary/aromatic N) is 6. The molecule has 1 fully saturated rings. The van der Waals surface area contributed by atoms with Gasteiger partial charge < -0.3 is 9.80 Å². The average Bonchev–Trinajstić information content (AvgIpc) is 3.05. The van der Waals surface area contributed by atoms with Crippen molar-refractivity contribution in [3.8, 4) is 6.07 Å².